The molecule has 6 heteroatoms. The van der Waals surface area contributed by atoms with E-state index in [2.05, 4.69) is 6.07 Å². The molecular formula is C19H18FNO3S. The van der Waals surface area contributed by atoms with E-state index < -0.39 is 32.2 Å². The molecule has 3 rings (SSSR count). The summed E-state index contributed by atoms with van der Waals surface area (Å²) >= 11 is 0. The van der Waals surface area contributed by atoms with Crippen LogP contribution in [0.5, 0.6) is 0 Å². The van der Waals surface area contributed by atoms with Crippen LogP contribution in [0, 0.1) is 22.6 Å². The summed E-state index contributed by atoms with van der Waals surface area (Å²) in [7, 11) is -3.72. The summed E-state index contributed by atoms with van der Waals surface area (Å²) in [5.74, 6) is -0.950. The molecule has 0 saturated heterocycles. The molecule has 0 aromatic heterocycles. The number of hydrogen-bond acceptors (Lipinski definition) is 4. The fraction of sp³-hybridized carbons (Fsp3) is 0.316. The lowest BCUT2D eigenvalue weighted by molar-refractivity contribution is 0.117. The van der Waals surface area contributed by atoms with Gasteiger partial charge in [-0.15, -0.1) is 0 Å². The molecule has 3 atom stereocenters. The van der Waals surface area contributed by atoms with Gasteiger partial charge in [0.1, 0.15) is 11.2 Å². The summed E-state index contributed by atoms with van der Waals surface area (Å²) in [5.41, 5.74) is -0.533. The topological polar surface area (TPSA) is 67.2 Å². The van der Waals surface area contributed by atoms with Crippen molar-refractivity contribution in [2.24, 2.45) is 5.41 Å². The highest BCUT2D eigenvalue weighted by atomic mass is 32.2. The number of ether oxygens (including phenoxy) is 1. The second-order valence-corrected chi connectivity index (χ2v) is 8.17. The lowest BCUT2D eigenvalue weighted by Gasteiger charge is -2.09. The molecule has 0 spiro atoms. The molecule has 0 amide bonds. The first-order valence-electron chi connectivity index (χ1n) is 8.01. The van der Waals surface area contributed by atoms with Crippen LogP contribution in [0.25, 0.3) is 0 Å². The highest BCUT2D eigenvalue weighted by Crippen LogP contribution is 2.63. The van der Waals surface area contributed by atoms with Crippen molar-refractivity contribution in [2.75, 3.05) is 13.2 Å². The van der Waals surface area contributed by atoms with Crippen molar-refractivity contribution < 1.29 is 17.5 Å². The summed E-state index contributed by atoms with van der Waals surface area (Å²) in [6.07, 6.45) is 0. The number of benzene rings is 2. The summed E-state index contributed by atoms with van der Waals surface area (Å²) in [4.78, 5) is 0.181. The molecule has 0 bridgehead atoms. The summed E-state index contributed by atoms with van der Waals surface area (Å²) in [6, 6.07) is 15.9. The summed E-state index contributed by atoms with van der Waals surface area (Å²) in [6.45, 7) is 2.21. The third-order valence-electron chi connectivity index (χ3n) is 4.64. The Morgan fingerprint density at radius 1 is 1.16 bits per heavy atom. The molecule has 0 aliphatic heterocycles. The van der Waals surface area contributed by atoms with Gasteiger partial charge in [-0.25, -0.2) is 12.8 Å². The fourth-order valence-electron chi connectivity index (χ4n) is 3.37. The van der Waals surface area contributed by atoms with Crippen LogP contribution in [0.2, 0.25) is 0 Å². The molecule has 0 heterocycles. The zero-order valence-corrected chi connectivity index (χ0v) is 14.5. The maximum absolute atomic E-state index is 13.2. The minimum Gasteiger partial charge on any atom is -0.380 e. The van der Waals surface area contributed by atoms with Crippen molar-refractivity contribution in [1.29, 1.82) is 5.26 Å². The predicted octanol–water partition coefficient (Wildman–Crippen LogP) is 3.31. The number of hydrogen-bond donors (Lipinski definition) is 0. The molecule has 25 heavy (non-hydrogen) atoms. The third kappa shape index (κ3) is 2.94. The van der Waals surface area contributed by atoms with Gasteiger partial charge in [0.05, 0.1) is 22.8 Å². The van der Waals surface area contributed by atoms with E-state index in [1.807, 2.05) is 0 Å². The lowest BCUT2D eigenvalue weighted by atomic mass is 10.0. The Hall–Kier alpha value is -2.23. The van der Waals surface area contributed by atoms with Gasteiger partial charge in [0.25, 0.3) is 0 Å². The van der Waals surface area contributed by atoms with Crippen LogP contribution in [0.4, 0.5) is 4.39 Å². The molecule has 1 fully saturated rings. The molecule has 0 radical (unpaired) electrons. The Labute approximate surface area is 146 Å². The molecule has 2 aromatic carbocycles. The monoisotopic (exact) mass is 359 g/mol. The normalized spacial score (nSPS) is 25.3. The van der Waals surface area contributed by atoms with Crippen LogP contribution in [0.3, 0.4) is 0 Å². The van der Waals surface area contributed by atoms with E-state index in [9.17, 15) is 18.1 Å². The van der Waals surface area contributed by atoms with Gasteiger partial charge in [0, 0.05) is 12.5 Å². The van der Waals surface area contributed by atoms with Gasteiger partial charge in [0.2, 0.25) is 0 Å². The van der Waals surface area contributed by atoms with Crippen LogP contribution in [0.15, 0.2) is 59.5 Å². The highest BCUT2D eigenvalue weighted by Gasteiger charge is 2.72. The summed E-state index contributed by atoms with van der Waals surface area (Å²) in [5, 5.41) is 8.87. The first kappa shape index (κ1) is 17.6. The number of nitriles is 1. The molecule has 1 aliphatic rings. The van der Waals surface area contributed by atoms with E-state index in [0.717, 1.165) is 0 Å². The van der Waals surface area contributed by atoms with E-state index in [-0.39, 0.29) is 11.5 Å². The number of rotatable bonds is 6. The quantitative estimate of drug-likeness (QED) is 0.794. The number of halogens is 1. The Bertz CT molecular complexity index is 891. The molecule has 1 saturated carbocycles. The molecular weight excluding hydrogens is 341 g/mol. The Morgan fingerprint density at radius 2 is 1.80 bits per heavy atom. The molecule has 4 nitrogen and oxygen atoms in total. The van der Waals surface area contributed by atoms with Crippen molar-refractivity contribution in [3.05, 3.63) is 66.0 Å². The van der Waals surface area contributed by atoms with Crippen LogP contribution in [-0.2, 0) is 14.6 Å². The SMILES string of the molecule is CCOC[C@]1(C#N)[C@H](c2ccc(F)cc2)[C@H]1S(=O)(=O)c1ccccc1. The van der Waals surface area contributed by atoms with Crippen LogP contribution < -0.4 is 0 Å². The van der Waals surface area contributed by atoms with Gasteiger partial charge in [0.15, 0.2) is 9.84 Å². The third-order valence-corrected chi connectivity index (χ3v) is 6.94. The van der Waals surface area contributed by atoms with Gasteiger partial charge in [-0.3, -0.25) is 0 Å². The van der Waals surface area contributed by atoms with E-state index >= 15 is 0 Å². The van der Waals surface area contributed by atoms with Gasteiger partial charge < -0.3 is 4.74 Å². The maximum Gasteiger partial charge on any atom is 0.183 e. The van der Waals surface area contributed by atoms with Crippen molar-refractivity contribution in [3.8, 4) is 6.07 Å². The zero-order valence-electron chi connectivity index (χ0n) is 13.7. The molecule has 0 N–H and O–H groups in total. The van der Waals surface area contributed by atoms with Gasteiger partial charge >= 0.3 is 0 Å². The molecule has 1 aliphatic carbocycles. The summed E-state index contributed by atoms with van der Waals surface area (Å²) < 4.78 is 44.9. The lowest BCUT2D eigenvalue weighted by Crippen LogP contribution is -2.19. The Morgan fingerprint density at radius 3 is 2.36 bits per heavy atom. The van der Waals surface area contributed by atoms with E-state index in [0.29, 0.717) is 12.2 Å². The van der Waals surface area contributed by atoms with Gasteiger partial charge in [-0.2, -0.15) is 5.26 Å². The smallest absolute Gasteiger partial charge is 0.183 e. The zero-order chi connectivity index (χ0) is 18.1. The van der Waals surface area contributed by atoms with E-state index in [1.165, 1.54) is 24.3 Å². The van der Waals surface area contributed by atoms with E-state index in [1.54, 1.807) is 37.3 Å². The number of nitrogens with zero attached hydrogens (tertiary/aromatic N) is 1. The Balaban J connectivity index is 2.06. The van der Waals surface area contributed by atoms with Gasteiger partial charge in [-0.05, 0) is 36.8 Å². The van der Waals surface area contributed by atoms with Crippen LogP contribution >= 0.6 is 0 Å². The van der Waals surface area contributed by atoms with Crippen molar-refractivity contribution in [3.63, 3.8) is 0 Å². The Kier molecular flexibility index (Phi) is 4.63. The first-order chi connectivity index (χ1) is 12.0. The second kappa shape index (κ2) is 6.58. The molecule has 130 valence electrons. The largest absolute Gasteiger partial charge is 0.380 e. The standard InChI is InChI=1S/C19H18FNO3S/c1-2-24-13-19(12-21)17(14-8-10-15(20)11-9-14)18(19)25(22,23)16-6-4-3-5-7-16/h3-11,17-18H,2,13H2,1H3/t17-,18-,19-/m1/s1. The van der Waals surface area contributed by atoms with Crippen molar-refractivity contribution in [2.45, 2.75) is 23.0 Å². The predicted molar refractivity (Wildman–Crippen MR) is 91.1 cm³/mol. The minimum absolute atomic E-state index is 0.0266. The molecule has 0 unspecified atom stereocenters. The highest BCUT2D eigenvalue weighted by molar-refractivity contribution is 7.92. The second-order valence-electron chi connectivity index (χ2n) is 6.10. The fourth-order valence-corrected chi connectivity index (χ4v) is 5.70. The van der Waals surface area contributed by atoms with Crippen molar-refractivity contribution >= 4 is 9.84 Å². The maximum atomic E-state index is 13.2. The van der Waals surface area contributed by atoms with E-state index in [4.69, 9.17) is 4.74 Å². The number of sulfone groups is 1. The van der Waals surface area contributed by atoms with Gasteiger partial charge in [-0.1, -0.05) is 30.3 Å². The average molecular weight is 359 g/mol. The van der Waals surface area contributed by atoms with Crippen LogP contribution in [0.1, 0.15) is 18.4 Å². The minimum atomic E-state index is -3.72. The first-order valence-corrected chi connectivity index (χ1v) is 9.55. The molecule has 2 aromatic rings. The average Bonchev–Trinajstić information content (AvgIpc) is 3.31. The van der Waals surface area contributed by atoms with Crippen LogP contribution in [-0.4, -0.2) is 26.9 Å². The van der Waals surface area contributed by atoms with Crippen molar-refractivity contribution in [1.82, 2.24) is 0 Å².